The quantitative estimate of drug-likeness (QED) is 0.685. The van der Waals surface area contributed by atoms with Crippen LogP contribution in [0.2, 0.25) is 0 Å². The van der Waals surface area contributed by atoms with Gasteiger partial charge in [-0.3, -0.25) is 0 Å². The Labute approximate surface area is 115 Å². The number of imidazole rings is 1. The molecule has 0 aliphatic carbocycles. The van der Waals surface area contributed by atoms with Crippen LogP contribution in [0.15, 0.2) is 33.9 Å². The van der Waals surface area contributed by atoms with Crippen molar-refractivity contribution in [1.82, 2.24) is 19.7 Å². The molecule has 0 atom stereocenters. The van der Waals surface area contributed by atoms with Crippen LogP contribution in [-0.4, -0.2) is 19.7 Å². The van der Waals surface area contributed by atoms with Gasteiger partial charge in [0.25, 0.3) is 0 Å². The van der Waals surface area contributed by atoms with Crippen LogP contribution >= 0.6 is 11.8 Å². The van der Waals surface area contributed by atoms with Gasteiger partial charge in [0.05, 0.1) is 16.8 Å². The second kappa shape index (κ2) is 5.05. The van der Waals surface area contributed by atoms with Crippen molar-refractivity contribution in [2.75, 3.05) is 0 Å². The molecule has 0 fully saturated rings. The molecule has 0 unspecified atom stereocenters. The van der Waals surface area contributed by atoms with Crippen molar-refractivity contribution in [2.45, 2.75) is 24.3 Å². The molecule has 5 nitrogen and oxygen atoms in total. The monoisotopic (exact) mass is 274 g/mol. The summed E-state index contributed by atoms with van der Waals surface area (Å²) in [5.41, 5.74) is 2.14. The average Bonchev–Trinajstić information content (AvgIpc) is 3.02. The summed E-state index contributed by atoms with van der Waals surface area (Å²) in [6, 6.07) is 8.09. The van der Waals surface area contributed by atoms with E-state index in [1.165, 1.54) is 0 Å². The lowest BCUT2D eigenvalue weighted by molar-refractivity contribution is 0.385. The van der Waals surface area contributed by atoms with E-state index in [1.807, 2.05) is 32.2 Å². The van der Waals surface area contributed by atoms with E-state index >= 15 is 0 Å². The van der Waals surface area contributed by atoms with E-state index in [9.17, 15) is 0 Å². The lowest BCUT2D eigenvalue weighted by Crippen LogP contribution is -1.91. The molecule has 2 heterocycles. The van der Waals surface area contributed by atoms with Crippen molar-refractivity contribution >= 4 is 22.8 Å². The summed E-state index contributed by atoms with van der Waals surface area (Å²) in [5.74, 6) is 2.04. The first-order chi connectivity index (χ1) is 9.28. The van der Waals surface area contributed by atoms with Gasteiger partial charge < -0.3 is 9.09 Å². The zero-order valence-electron chi connectivity index (χ0n) is 10.8. The molecule has 0 N–H and O–H groups in total. The van der Waals surface area contributed by atoms with Crippen molar-refractivity contribution < 1.29 is 4.52 Å². The normalized spacial score (nSPS) is 11.3. The maximum Gasteiger partial charge on any atom is 0.237 e. The van der Waals surface area contributed by atoms with E-state index < -0.39 is 0 Å². The van der Waals surface area contributed by atoms with Crippen LogP contribution in [0.1, 0.15) is 18.6 Å². The van der Waals surface area contributed by atoms with Gasteiger partial charge in [-0.25, -0.2) is 4.98 Å². The standard InChI is InChI=1S/C13H14N4OS/c1-3-11-15-12(18-16-11)8-19-13-14-9-6-4-5-7-10(9)17(13)2/h4-7H,3,8H2,1-2H3. The zero-order valence-corrected chi connectivity index (χ0v) is 11.6. The minimum absolute atomic E-state index is 0.643. The minimum atomic E-state index is 0.643. The Hall–Kier alpha value is -1.82. The van der Waals surface area contributed by atoms with E-state index in [-0.39, 0.29) is 0 Å². The Bertz CT molecular complexity index is 704. The summed E-state index contributed by atoms with van der Waals surface area (Å²) in [6.07, 6.45) is 0.792. The van der Waals surface area contributed by atoms with Crippen molar-refractivity contribution in [1.29, 1.82) is 0 Å². The summed E-state index contributed by atoms with van der Waals surface area (Å²) in [7, 11) is 2.02. The fourth-order valence-corrected chi connectivity index (χ4v) is 2.70. The van der Waals surface area contributed by atoms with Gasteiger partial charge in [-0.2, -0.15) is 4.98 Å². The smallest absolute Gasteiger partial charge is 0.237 e. The van der Waals surface area contributed by atoms with Crippen LogP contribution in [0.25, 0.3) is 11.0 Å². The Kier molecular flexibility index (Phi) is 3.25. The van der Waals surface area contributed by atoms with E-state index in [0.29, 0.717) is 11.6 Å². The fourth-order valence-electron chi connectivity index (χ4n) is 1.87. The third kappa shape index (κ3) is 2.35. The van der Waals surface area contributed by atoms with Crippen molar-refractivity contribution in [3.8, 4) is 0 Å². The molecule has 0 radical (unpaired) electrons. The van der Waals surface area contributed by atoms with Crippen molar-refractivity contribution in [2.24, 2.45) is 7.05 Å². The SMILES string of the molecule is CCc1noc(CSc2nc3ccccc3n2C)n1. The van der Waals surface area contributed by atoms with Gasteiger partial charge in [0.1, 0.15) is 0 Å². The summed E-state index contributed by atoms with van der Waals surface area (Å²) in [5, 5.41) is 4.84. The molecular formula is C13H14N4OS. The third-order valence-corrected chi connectivity index (χ3v) is 3.91. The molecule has 0 saturated heterocycles. The van der Waals surface area contributed by atoms with Crippen molar-refractivity contribution in [3.05, 3.63) is 36.0 Å². The molecule has 0 bridgehead atoms. The Morgan fingerprint density at radius 3 is 2.84 bits per heavy atom. The Morgan fingerprint density at radius 1 is 1.26 bits per heavy atom. The van der Waals surface area contributed by atoms with Gasteiger partial charge >= 0.3 is 0 Å². The molecule has 3 aromatic rings. The number of aryl methyl sites for hydroxylation is 2. The number of hydrogen-bond donors (Lipinski definition) is 0. The lowest BCUT2D eigenvalue weighted by Gasteiger charge is -1.99. The largest absolute Gasteiger partial charge is 0.338 e. The van der Waals surface area contributed by atoms with Crippen LogP contribution in [0.4, 0.5) is 0 Å². The molecule has 1 aromatic carbocycles. The van der Waals surface area contributed by atoms with Gasteiger partial charge in [0.15, 0.2) is 11.0 Å². The minimum Gasteiger partial charge on any atom is -0.338 e. The van der Waals surface area contributed by atoms with Gasteiger partial charge in [0, 0.05) is 13.5 Å². The summed E-state index contributed by atoms with van der Waals surface area (Å²) in [6.45, 7) is 2.01. The predicted octanol–water partition coefficient (Wildman–Crippen LogP) is 2.81. The molecule has 98 valence electrons. The highest BCUT2D eigenvalue weighted by atomic mass is 32.2. The van der Waals surface area contributed by atoms with E-state index in [1.54, 1.807) is 11.8 Å². The molecule has 2 aromatic heterocycles. The molecule has 0 saturated carbocycles. The molecule has 0 amide bonds. The fraction of sp³-hybridized carbons (Fsp3) is 0.308. The van der Waals surface area contributed by atoms with Gasteiger partial charge in [-0.15, -0.1) is 0 Å². The summed E-state index contributed by atoms with van der Waals surface area (Å²) in [4.78, 5) is 8.88. The average molecular weight is 274 g/mol. The molecule has 3 rings (SSSR count). The first-order valence-electron chi connectivity index (χ1n) is 6.13. The highest BCUT2D eigenvalue weighted by molar-refractivity contribution is 7.98. The van der Waals surface area contributed by atoms with Crippen LogP contribution in [0.3, 0.4) is 0 Å². The van der Waals surface area contributed by atoms with Gasteiger partial charge in [-0.05, 0) is 12.1 Å². The highest BCUT2D eigenvalue weighted by Crippen LogP contribution is 2.25. The highest BCUT2D eigenvalue weighted by Gasteiger charge is 2.10. The van der Waals surface area contributed by atoms with Crippen LogP contribution in [-0.2, 0) is 19.2 Å². The second-order valence-corrected chi connectivity index (χ2v) is 5.13. The van der Waals surface area contributed by atoms with Crippen LogP contribution in [0, 0.1) is 0 Å². The molecular weight excluding hydrogens is 260 g/mol. The Balaban J connectivity index is 1.79. The van der Waals surface area contributed by atoms with E-state index in [0.717, 1.165) is 28.4 Å². The summed E-state index contributed by atoms with van der Waals surface area (Å²) >= 11 is 1.61. The second-order valence-electron chi connectivity index (χ2n) is 4.19. The summed E-state index contributed by atoms with van der Waals surface area (Å²) < 4.78 is 7.25. The first kappa shape index (κ1) is 12.2. The maximum atomic E-state index is 5.17. The van der Waals surface area contributed by atoms with Crippen LogP contribution in [0.5, 0.6) is 0 Å². The van der Waals surface area contributed by atoms with Gasteiger partial charge in [-0.1, -0.05) is 36.0 Å². The number of aromatic nitrogens is 4. The topological polar surface area (TPSA) is 56.7 Å². The number of para-hydroxylation sites is 2. The maximum absolute atomic E-state index is 5.17. The number of thioether (sulfide) groups is 1. The molecule has 6 heteroatoms. The Morgan fingerprint density at radius 2 is 2.11 bits per heavy atom. The van der Waals surface area contributed by atoms with Gasteiger partial charge in [0.2, 0.25) is 5.89 Å². The predicted molar refractivity (Wildman–Crippen MR) is 74.0 cm³/mol. The first-order valence-corrected chi connectivity index (χ1v) is 7.12. The zero-order chi connectivity index (χ0) is 13.2. The van der Waals surface area contributed by atoms with Crippen molar-refractivity contribution in [3.63, 3.8) is 0 Å². The van der Waals surface area contributed by atoms with E-state index in [4.69, 9.17) is 4.52 Å². The number of fused-ring (bicyclic) bond motifs is 1. The molecule has 0 aliphatic heterocycles. The molecule has 19 heavy (non-hydrogen) atoms. The molecule has 0 aliphatic rings. The number of hydrogen-bond acceptors (Lipinski definition) is 5. The number of benzene rings is 1. The molecule has 0 spiro atoms. The van der Waals surface area contributed by atoms with E-state index in [2.05, 4.69) is 25.8 Å². The number of rotatable bonds is 4. The number of nitrogens with zero attached hydrogens (tertiary/aromatic N) is 4. The third-order valence-electron chi connectivity index (χ3n) is 2.90. The van der Waals surface area contributed by atoms with Crippen LogP contribution < -0.4 is 0 Å². The lowest BCUT2D eigenvalue weighted by atomic mass is 10.3.